The van der Waals surface area contributed by atoms with E-state index in [9.17, 15) is 4.79 Å². The molecule has 2 saturated carbocycles. The topological polar surface area (TPSA) is 46.3 Å². The molecule has 3 nitrogen and oxygen atoms in total. The zero-order valence-corrected chi connectivity index (χ0v) is 10.3. The fourth-order valence-electron chi connectivity index (χ4n) is 3.08. The summed E-state index contributed by atoms with van der Waals surface area (Å²) < 4.78 is 0. The van der Waals surface area contributed by atoms with Gasteiger partial charge in [-0.3, -0.25) is 4.79 Å². The van der Waals surface area contributed by atoms with Crippen LogP contribution in [-0.2, 0) is 4.79 Å². The highest BCUT2D eigenvalue weighted by molar-refractivity contribution is 5.79. The summed E-state index contributed by atoms with van der Waals surface area (Å²) in [4.78, 5) is 14.2. The van der Waals surface area contributed by atoms with E-state index in [1.54, 1.807) is 0 Å². The molecule has 1 amide bonds. The van der Waals surface area contributed by atoms with Crippen LogP contribution in [0.1, 0.15) is 38.5 Å². The Hall–Kier alpha value is -0.570. The van der Waals surface area contributed by atoms with Crippen LogP contribution in [0.3, 0.4) is 0 Å². The van der Waals surface area contributed by atoms with Gasteiger partial charge >= 0.3 is 0 Å². The molecule has 2 N–H and O–H groups in total. The van der Waals surface area contributed by atoms with Crippen molar-refractivity contribution in [2.24, 2.45) is 23.5 Å². The smallest absolute Gasteiger partial charge is 0.225 e. The summed E-state index contributed by atoms with van der Waals surface area (Å²) in [5, 5.41) is 0. The molecule has 2 aliphatic rings. The van der Waals surface area contributed by atoms with Gasteiger partial charge in [-0.05, 0) is 44.1 Å². The molecule has 2 rings (SSSR count). The molecule has 3 heteroatoms. The van der Waals surface area contributed by atoms with Crippen LogP contribution in [0.15, 0.2) is 0 Å². The lowest BCUT2D eigenvalue weighted by Crippen LogP contribution is -2.40. The summed E-state index contributed by atoms with van der Waals surface area (Å²) in [6.07, 6.45) is 7.34. The van der Waals surface area contributed by atoms with Crippen molar-refractivity contribution in [1.82, 2.24) is 4.90 Å². The Morgan fingerprint density at radius 2 is 1.94 bits per heavy atom. The first-order valence-corrected chi connectivity index (χ1v) is 6.67. The van der Waals surface area contributed by atoms with Gasteiger partial charge in [0.05, 0.1) is 0 Å². The molecule has 0 aromatic heterocycles. The Balaban J connectivity index is 1.84. The fourth-order valence-corrected chi connectivity index (χ4v) is 3.08. The number of rotatable bonds is 4. The minimum absolute atomic E-state index is 0.218. The molecule has 0 bridgehead atoms. The van der Waals surface area contributed by atoms with Crippen molar-refractivity contribution in [2.75, 3.05) is 20.1 Å². The van der Waals surface area contributed by atoms with Crippen LogP contribution in [0.4, 0.5) is 0 Å². The van der Waals surface area contributed by atoms with Crippen LogP contribution >= 0.6 is 0 Å². The minimum atomic E-state index is 0.218. The zero-order valence-electron chi connectivity index (χ0n) is 10.3. The van der Waals surface area contributed by atoms with Gasteiger partial charge in [0.25, 0.3) is 0 Å². The number of hydrogen-bond acceptors (Lipinski definition) is 2. The third-order valence-electron chi connectivity index (χ3n) is 4.41. The highest BCUT2D eigenvalue weighted by atomic mass is 16.2. The summed E-state index contributed by atoms with van der Waals surface area (Å²) in [7, 11) is 1.96. The van der Waals surface area contributed by atoms with Gasteiger partial charge in [-0.1, -0.05) is 12.8 Å². The molecule has 0 unspecified atom stereocenters. The van der Waals surface area contributed by atoms with E-state index >= 15 is 0 Å². The van der Waals surface area contributed by atoms with Crippen molar-refractivity contribution in [3.8, 4) is 0 Å². The number of nitrogens with zero attached hydrogens (tertiary/aromatic N) is 1. The van der Waals surface area contributed by atoms with E-state index in [2.05, 4.69) is 0 Å². The first kappa shape index (κ1) is 11.9. The third-order valence-corrected chi connectivity index (χ3v) is 4.41. The molecule has 2 atom stereocenters. The molecular weight excluding hydrogens is 200 g/mol. The molecular formula is C13H24N2O. The molecule has 16 heavy (non-hydrogen) atoms. The average Bonchev–Trinajstić information content (AvgIpc) is 2.69. The lowest BCUT2D eigenvalue weighted by atomic mass is 9.84. The predicted molar refractivity (Wildman–Crippen MR) is 64.9 cm³/mol. The Morgan fingerprint density at radius 3 is 2.50 bits per heavy atom. The van der Waals surface area contributed by atoms with E-state index in [1.807, 2.05) is 11.9 Å². The van der Waals surface area contributed by atoms with Gasteiger partial charge in [-0.15, -0.1) is 0 Å². The Labute approximate surface area is 98.4 Å². The molecule has 0 spiro atoms. The molecule has 0 saturated heterocycles. The Bertz CT molecular complexity index is 250. The normalized spacial score (nSPS) is 30.1. The fraction of sp³-hybridized carbons (Fsp3) is 0.923. The number of amides is 1. The quantitative estimate of drug-likeness (QED) is 0.788. The van der Waals surface area contributed by atoms with Crippen LogP contribution in [0.5, 0.6) is 0 Å². The van der Waals surface area contributed by atoms with Gasteiger partial charge in [0, 0.05) is 19.5 Å². The highest BCUT2D eigenvalue weighted by Crippen LogP contribution is 2.33. The van der Waals surface area contributed by atoms with Gasteiger partial charge in [-0.25, -0.2) is 0 Å². The van der Waals surface area contributed by atoms with Gasteiger partial charge in [0.15, 0.2) is 0 Å². The van der Waals surface area contributed by atoms with E-state index in [0.29, 0.717) is 18.4 Å². The maximum atomic E-state index is 12.3. The van der Waals surface area contributed by atoms with E-state index in [0.717, 1.165) is 25.3 Å². The van der Waals surface area contributed by atoms with Gasteiger partial charge in [0.2, 0.25) is 5.91 Å². The molecule has 0 aromatic rings. The second-order valence-corrected chi connectivity index (χ2v) is 5.55. The predicted octanol–water partition coefficient (Wildman–Crippen LogP) is 1.62. The van der Waals surface area contributed by atoms with Crippen molar-refractivity contribution < 1.29 is 4.79 Å². The monoisotopic (exact) mass is 224 g/mol. The average molecular weight is 224 g/mol. The summed E-state index contributed by atoms with van der Waals surface area (Å²) in [5.74, 6) is 1.78. The standard InChI is InChI=1S/C13H24N2O/c1-15(9-10-4-2-5-10)13(16)12-7-3-6-11(12)8-14/h10-12H,2-9,14H2,1H3/t11-,12-/m1/s1. The summed E-state index contributed by atoms with van der Waals surface area (Å²) in [6, 6.07) is 0. The van der Waals surface area contributed by atoms with Crippen molar-refractivity contribution in [3.63, 3.8) is 0 Å². The minimum Gasteiger partial charge on any atom is -0.345 e. The molecule has 92 valence electrons. The molecule has 0 aliphatic heterocycles. The van der Waals surface area contributed by atoms with Crippen LogP contribution in [0, 0.1) is 17.8 Å². The van der Waals surface area contributed by atoms with E-state index in [-0.39, 0.29) is 5.92 Å². The van der Waals surface area contributed by atoms with E-state index in [1.165, 1.54) is 25.7 Å². The number of carbonyl (C=O) groups excluding carboxylic acids is 1. The van der Waals surface area contributed by atoms with E-state index in [4.69, 9.17) is 5.73 Å². The van der Waals surface area contributed by atoms with Crippen LogP contribution in [-0.4, -0.2) is 30.9 Å². The second-order valence-electron chi connectivity index (χ2n) is 5.55. The molecule has 2 fully saturated rings. The zero-order chi connectivity index (χ0) is 11.5. The molecule has 2 aliphatic carbocycles. The van der Waals surface area contributed by atoms with Crippen LogP contribution in [0.25, 0.3) is 0 Å². The first-order chi connectivity index (χ1) is 7.72. The highest BCUT2D eigenvalue weighted by Gasteiger charge is 2.34. The largest absolute Gasteiger partial charge is 0.345 e. The van der Waals surface area contributed by atoms with Gasteiger partial charge < -0.3 is 10.6 Å². The third kappa shape index (κ3) is 2.40. The summed E-state index contributed by atoms with van der Waals surface area (Å²) >= 11 is 0. The number of nitrogens with two attached hydrogens (primary N) is 1. The maximum absolute atomic E-state index is 12.3. The Morgan fingerprint density at radius 1 is 1.25 bits per heavy atom. The lowest BCUT2D eigenvalue weighted by Gasteiger charge is -2.32. The molecule has 0 heterocycles. The first-order valence-electron chi connectivity index (χ1n) is 6.67. The van der Waals surface area contributed by atoms with E-state index < -0.39 is 0 Å². The van der Waals surface area contributed by atoms with Crippen molar-refractivity contribution >= 4 is 5.91 Å². The molecule has 0 radical (unpaired) electrons. The number of carbonyl (C=O) groups is 1. The van der Waals surface area contributed by atoms with Crippen molar-refractivity contribution in [2.45, 2.75) is 38.5 Å². The summed E-state index contributed by atoms with van der Waals surface area (Å²) in [5.41, 5.74) is 5.73. The maximum Gasteiger partial charge on any atom is 0.225 e. The van der Waals surface area contributed by atoms with Crippen molar-refractivity contribution in [1.29, 1.82) is 0 Å². The Kier molecular flexibility index (Phi) is 3.85. The molecule has 0 aromatic carbocycles. The van der Waals surface area contributed by atoms with Gasteiger partial charge in [-0.2, -0.15) is 0 Å². The van der Waals surface area contributed by atoms with Crippen LogP contribution in [0.2, 0.25) is 0 Å². The summed E-state index contributed by atoms with van der Waals surface area (Å²) in [6.45, 7) is 1.64. The van der Waals surface area contributed by atoms with Gasteiger partial charge in [0.1, 0.15) is 0 Å². The lowest BCUT2D eigenvalue weighted by molar-refractivity contribution is -0.136. The SMILES string of the molecule is CN(CC1CCC1)C(=O)[C@@H]1CCC[C@@H]1CN. The van der Waals surface area contributed by atoms with Crippen LogP contribution < -0.4 is 5.73 Å². The second kappa shape index (κ2) is 5.17. The number of hydrogen-bond donors (Lipinski definition) is 1. The van der Waals surface area contributed by atoms with Crippen molar-refractivity contribution in [3.05, 3.63) is 0 Å².